The maximum atomic E-state index is 11.4. The Morgan fingerprint density at radius 2 is 2.00 bits per heavy atom. The fourth-order valence-corrected chi connectivity index (χ4v) is 1.45. The van der Waals surface area contributed by atoms with E-state index in [0.717, 1.165) is 10.0 Å². The first-order chi connectivity index (χ1) is 7.13. The van der Waals surface area contributed by atoms with Gasteiger partial charge in [-0.05, 0) is 17.7 Å². The average molecular weight is 272 g/mol. The van der Waals surface area contributed by atoms with Crippen LogP contribution in [0.2, 0.25) is 0 Å². The number of carbonyl (C=O) groups is 1. The van der Waals surface area contributed by atoms with Crippen LogP contribution in [-0.4, -0.2) is 31.6 Å². The number of hydrogen-bond acceptors (Lipinski definition) is 2. The molecule has 1 aromatic rings. The van der Waals surface area contributed by atoms with Crippen molar-refractivity contribution < 1.29 is 9.53 Å². The number of halogens is 1. The number of benzene rings is 1. The molecular formula is C11H14BrNO2. The van der Waals surface area contributed by atoms with Gasteiger partial charge in [-0.2, -0.15) is 0 Å². The smallest absolute Gasteiger partial charge is 0.248 e. The summed E-state index contributed by atoms with van der Waals surface area (Å²) in [5, 5.41) is 0. The Balaban J connectivity index is 2.54. The lowest BCUT2D eigenvalue weighted by Crippen LogP contribution is -2.29. The molecule has 1 amide bonds. The SMILES string of the molecule is COCC(=O)N(C)Cc1ccc(Br)cc1. The van der Waals surface area contributed by atoms with Crippen LogP contribution in [0.15, 0.2) is 28.7 Å². The fourth-order valence-electron chi connectivity index (χ4n) is 1.19. The van der Waals surface area contributed by atoms with E-state index in [9.17, 15) is 4.79 Å². The minimum absolute atomic E-state index is 0.0135. The molecule has 0 N–H and O–H groups in total. The normalized spacial score (nSPS) is 10.1. The van der Waals surface area contributed by atoms with E-state index in [1.54, 1.807) is 11.9 Å². The molecule has 0 aliphatic heterocycles. The Hall–Kier alpha value is -0.870. The molecule has 0 bridgehead atoms. The van der Waals surface area contributed by atoms with Crippen LogP contribution in [0.4, 0.5) is 0 Å². The highest BCUT2D eigenvalue weighted by molar-refractivity contribution is 9.10. The lowest BCUT2D eigenvalue weighted by molar-refractivity contribution is -0.134. The molecule has 0 heterocycles. The Kier molecular flexibility index (Phi) is 4.78. The van der Waals surface area contributed by atoms with Crippen molar-refractivity contribution in [2.75, 3.05) is 20.8 Å². The minimum atomic E-state index is -0.0135. The van der Waals surface area contributed by atoms with Gasteiger partial charge in [0.2, 0.25) is 5.91 Å². The maximum Gasteiger partial charge on any atom is 0.248 e. The molecule has 15 heavy (non-hydrogen) atoms. The maximum absolute atomic E-state index is 11.4. The molecule has 1 aromatic carbocycles. The standard InChI is InChI=1S/C11H14BrNO2/c1-13(11(14)8-15-2)7-9-3-5-10(12)6-4-9/h3-6H,7-8H2,1-2H3. The number of hydrogen-bond donors (Lipinski definition) is 0. The summed E-state index contributed by atoms with van der Waals surface area (Å²) < 4.78 is 5.82. The number of rotatable bonds is 4. The highest BCUT2D eigenvalue weighted by atomic mass is 79.9. The first kappa shape index (κ1) is 12.2. The summed E-state index contributed by atoms with van der Waals surface area (Å²) in [5.74, 6) is -0.0135. The first-order valence-electron chi connectivity index (χ1n) is 4.61. The molecule has 0 aliphatic carbocycles. The predicted octanol–water partition coefficient (Wildman–Crippen LogP) is 2.05. The van der Waals surface area contributed by atoms with Crippen LogP contribution < -0.4 is 0 Å². The summed E-state index contributed by atoms with van der Waals surface area (Å²) in [7, 11) is 3.29. The van der Waals surface area contributed by atoms with E-state index < -0.39 is 0 Å². The van der Waals surface area contributed by atoms with Gasteiger partial charge in [-0.15, -0.1) is 0 Å². The van der Waals surface area contributed by atoms with E-state index in [2.05, 4.69) is 15.9 Å². The Bertz CT molecular complexity index is 324. The summed E-state index contributed by atoms with van der Waals surface area (Å²) in [6, 6.07) is 7.90. The number of ether oxygens (including phenoxy) is 1. The topological polar surface area (TPSA) is 29.5 Å². The van der Waals surface area contributed by atoms with E-state index in [4.69, 9.17) is 4.74 Å². The number of likely N-dealkylation sites (N-methyl/N-ethyl adjacent to an activating group) is 1. The second-order valence-electron chi connectivity index (χ2n) is 3.31. The molecule has 0 aliphatic rings. The molecular weight excluding hydrogens is 258 g/mol. The molecule has 0 unspecified atom stereocenters. The van der Waals surface area contributed by atoms with Crippen molar-refractivity contribution in [2.45, 2.75) is 6.54 Å². The van der Waals surface area contributed by atoms with E-state index in [-0.39, 0.29) is 12.5 Å². The van der Waals surface area contributed by atoms with Crippen molar-refractivity contribution >= 4 is 21.8 Å². The van der Waals surface area contributed by atoms with Crippen molar-refractivity contribution in [3.8, 4) is 0 Å². The molecule has 0 aromatic heterocycles. The second kappa shape index (κ2) is 5.88. The van der Waals surface area contributed by atoms with Crippen LogP contribution in [0.25, 0.3) is 0 Å². The van der Waals surface area contributed by atoms with Gasteiger partial charge in [0.25, 0.3) is 0 Å². The molecule has 82 valence electrons. The lowest BCUT2D eigenvalue weighted by Gasteiger charge is -2.16. The van der Waals surface area contributed by atoms with Crippen LogP contribution in [-0.2, 0) is 16.1 Å². The van der Waals surface area contributed by atoms with Crippen molar-refractivity contribution in [3.63, 3.8) is 0 Å². The van der Waals surface area contributed by atoms with Gasteiger partial charge in [-0.1, -0.05) is 28.1 Å². The molecule has 0 spiro atoms. The zero-order chi connectivity index (χ0) is 11.3. The Labute approximate surface area is 98.2 Å². The van der Waals surface area contributed by atoms with Crippen LogP contribution in [0.5, 0.6) is 0 Å². The average Bonchev–Trinajstić information content (AvgIpc) is 2.22. The van der Waals surface area contributed by atoms with Crippen molar-refractivity contribution in [1.29, 1.82) is 0 Å². The van der Waals surface area contributed by atoms with Gasteiger partial charge < -0.3 is 9.64 Å². The fraction of sp³-hybridized carbons (Fsp3) is 0.364. The molecule has 3 nitrogen and oxygen atoms in total. The van der Waals surface area contributed by atoms with Crippen LogP contribution in [0.1, 0.15) is 5.56 Å². The number of carbonyl (C=O) groups excluding carboxylic acids is 1. The molecule has 0 radical (unpaired) electrons. The Morgan fingerprint density at radius 3 is 2.53 bits per heavy atom. The van der Waals surface area contributed by atoms with Gasteiger partial charge in [0.05, 0.1) is 0 Å². The van der Waals surface area contributed by atoms with Crippen molar-refractivity contribution in [1.82, 2.24) is 4.90 Å². The van der Waals surface area contributed by atoms with Crippen molar-refractivity contribution in [3.05, 3.63) is 34.3 Å². The molecule has 1 rings (SSSR count). The highest BCUT2D eigenvalue weighted by Crippen LogP contribution is 2.11. The summed E-state index contributed by atoms with van der Waals surface area (Å²) in [6.07, 6.45) is 0. The quantitative estimate of drug-likeness (QED) is 0.839. The van der Waals surface area contributed by atoms with Crippen LogP contribution in [0.3, 0.4) is 0 Å². The largest absolute Gasteiger partial charge is 0.375 e. The molecule has 0 saturated heterocycles. The third-order valence-electron chi connectivity index (χ3n) is 2.03. The van der Waals surface area contributed by atoms with Crippen molar-refractivity contribution in [2.24, 2.45) is 0 Å². The third-order valence-corrected chi connectivity index (χ3v) is 2.56. The van der Waals surface area contributed by atoms with Gasteiger partial charge in [0.15, 0.2) is 0 Å². The van der Waals surface area contributed by atoms with Gasteiger partial charge in [0.1, 0.15) is 6.61 Å². The van der Waals surface area contributed by atoms with Gasteiger partial charge in [0, 0.05) is 25.2 Å². The minimum Gasteiger partial charge on any atom is -0.375 e. The molecule has 0 saturated carbocycles. The van der Waals surface area contributed by atoms with E-state index in [1.165, 1.54) is 7.11 Å². The van der Waals surface area contributed by atoms with E-state index in [0.29, 0.717) is 6.54 Å². The van der Waals surface area contributed by atoms with Gasteiger partial charge in [-0.25, -0.2) is 0 Å². The second-order valence-corrected chi connectivity index (χ2v) is 4.22. The van der Waals surface area contributed by atoms with Crippen LogP contribution >= 0.6 is 15.9 Å². The Morgan fingerprint density at radius 1 is 1.40 bits per heavy atom. The zero-order valence-electron chi connectivity index (χ0n) is 8.87. The van der Waals surface area contributed by atoms with Crippen LogP contribution in [0, 0.1) is 0 Å². The zero-order valence-corrected chi connectivity index (χ0v) is 10.5. The summed E-state index contributed by atoms with van der Waals surface area (Å²) in [4.78, 5) is 13.1. The molecule has 4 heteroatoms. The van der Waals surface area contributed by atoms with Gasteiger partial charge >= 0.3 is 0 Å². The number of nitrogens with zero attached hydrogens (tertiary/aromatic N) is 1. The van der Waals surface area contributed by atoms with E-state index in [1.807, 2.05) is 24.3 Å². The summed E-state index contributed by atoms with van der Waals surface area (Å²) in [6.45, 7) is 0.739. The molecule has 0 fully saturated rings. The first-order valence-corrected chi connectivity index (χ1v) is 5.40. The number of amides is 1. The lowest BCUT2D eigenvalue weighted by atomic mass is 10.2. The molecule has 0 atom stereocenters. The highest BCUT2D eigenvalue weighted by Gasteiger charge is 2.07. The monoisotopic (exact) mass is 271 g/mol. The predicted molar refractivity (Wildman–Crippen MR) is 62.5 cm³/mol. The third kappa shape index (κ3) is 4.01. The summed E-state index contributed by atoms with van der Waals surface area (Å²) in [5.41, 5.74) is 1.10. The van der Waals surface area contributed by atoms with E-state index >= 15 is 0 Å². The summed E-state index contributed by atoms with van der Waals surface area (Å²) >= 11 is 3.36. The number of methoxy groups -OCH3 is 1. The van der Waals surface area contributed by atoms with Gasteiger partial charge in [-0.3, -0.25) is 4.79 Å².